The zero-order chi connectivity index (χ0) is 19.0. The van der Waals surface area contributed by atoms with Crippen molar-refractivity contribution >= 4 is 23.3 Å². The van der Waals surface area contributed by atoms with Crippen molar-refractivity contribution in [2.24, 2.45) is 0 Å². The highest BCUT2D eigenvalue weighted by Crippen LogP contribution is 2.33. The van der Waals surface area contributed by atoms with Gasteiger partial charge in [0.1, 0.15) is 5.82 Å². The van der Waals surface area contributed by atoms with Crippen LogP contribution in [-0.4, -0.2) is 53.5 Å². The summed E-state index contributed by atoms with van der Waals surface area (Å²) in [7, 11) is 0. The van der Waals surface area contributed by atoms with Crippen LogP contribution < -0.4 is 15.0 Å². The molecule has 4 rings (SSSR count). The molecular formula is C19H19FN4O3. The van der Waals surface area contributed by atoms with E-state index >= 15 is 0 Å². The van der Waals surface area contributed by atoms with Gasteiger partial charge < -0.3 is 19.9 Å². The predicted molar refractivity (Wildman–Crippen MR) is 97.1 cm³/mol. The maximum absolute atomic E-state index is 14.0. The van der Waals surface area contributed by atoms with Crippen molar-refractivity contribution in [2.45, 2.75) is 12.5 Å². The summed E-state index contributed by atoms with van der Waals surface area (Å²) in [6.07, 6.45) is 1.54. The molecule has 2 amide bonds. The van der Waals surface area contributed by atoms with Gasteiger partial charge in [-0.25, -0.2) is 9.37 Å². The third kappa shape index (κ3) is 2.97. The number of halogens is 1. The zero-order valence-electron chi connectivity index (χ0n) is 14.8. The Morgan fingerprint density at radius 3 is 2.67 bits per heavy atom. The normalized spacial score (nSPS) is 21.9. The van der Waals surface area contributed by atoms with Crippen LogP contribution in [0.1, 0.15) is 6.92 Å². The number of para-hydroxylation sites is 1. The van der Waals surface area contributed by atoms with Crippen LogP contribution >= 0.6 is 0 Å². The van der Waals surface area contributed by atoms with Crippen molar-refractivity contribution in [2.75, 3.05) is 36.4 Å². The molecule has 27 heavy (non-hydrogen) atoms. The first-order valence-electron chi connectivity index (χ1n) is 8.73. The molecule has 0 bridgehead atoms. The lowest BCUT2D eigenvalue weighted by atomic mass is 10.0. The molecule has 1 N–H and O–H groups in total. The van der Waals surface area contributed by atoms with E-state index in [0.717, 1.165) is 0 Å². The van der Waals surface area contributed by atoms with Crippen molar-refractivity contribution in [1.82, 2.24) is 9.88 Å². The molecule has 1 aromatic heterocycles. The summed E-state index contributed by atoms with van der Waals surface area (Å²) in [6, 6.07) is 9.89. The molecule has 7 nitrogen and oxygen atoms in total. The van der Waals surface area contributed by atoms with Gasteiger partial charge in [0.2, 0.25) is 0 Å². The molecule has 0 saturated carbocycles. The Balaban J connectivity index is 1.48. The lowest BCUT2D eigenvalue weighted by Crippen LogP contribution is -2.62. The van der Waals surface area contributed by atoms with Gasteiger partial charge in [0.15, 0.2) is 11.6 Å². The monoisotopic (exact) mass is 370 g/mol. The minimum Gasteiger partial charge on any atom is -0.464 e. The second-order valence-electron chi connectivity index (χ2n) is 6.67. The van der Waals surface area contributed by atoms with E-state index in [1.165, 1.54) is 19.2 Å². The first-order chi connectivity index (χ1) is 13.0. The van der Waals surface area contributed by atoms with Gasteiger partial charge in [-0.3, -0.25) is 9.59 Å². The number of hydrogen-bond donors (Lipinski definition) is 1. The number of benzene rings is 1. The van der Waals surface area contributed by atoms with E-state index in [2.05, 4.69) is 10.3 Å². The lowest BCUT2D eigenvalue weighted by Gasteiger charge is -2.41. The first kappa shape index (κ1) is 17.3. The first-order valence-corrected chi connectivity index (χ1v) is 8.73. The van der Waals surface area contributed by atoms with Crippen molar-refractivity contribution in [3.05, 3.63) is 48.4 Å². The van der Waals surface area contributed by atoms with Crippen LogP contribution in [0.15, 0.2) is 42.6 Å². The number of carbonyl (C=O) groups is 2. The van der Waals surface area contributed by atoms with Gasteiger partial charge in [-0.1, -0.05) is 12.1 Å². The number of rotatable bonds is 2. The fourth-order valence-electron chi connectivity index (χ4n) is 3.36. The number of fused-ring (bicyclic) bond motifs is 1. The number of pyridine rings is 1. The Hall–Kier alpha value is -3.16. The Morgan fingerprint density at radius 2 is 1.93 bits per heavy atom. The third-order valence-corrected chi connectivity index (χ3v) is 4.92. The number of amides is 2. The molecule has 140 valence electrons. The molecule has 0 unspecified atom stereocenters. The van der Waals surface area contributed by atoms with E-state index in [1.54, 1.807) is 35.2 Å². The third-order valence-electron chi connectivity index (χ3n) is 4.92. The fourth-order valence-corrected chi connectivity index (χ4v) is 3.36. The lowest BCUT2D eigenvalue weighted by molar-refractivity contribution is -0.154. The minimum atomic E-state index is -1.66. The predicted octanol–water partition coefficient (Wildman–Crippen LogP) is 1.66. The van der Waals surface area contributed by atoms with E-state index in [-0.39, 0.29) is 5.82 Å². The molecule has 1 aromatic carbocycles. The van der Waals surface area contributed by atoms with Crippen molar-refractivity contribution in [1.29, 1.82) is 0 Å². The second-order valence-corrected chi connectivity index (χ2v) is 6.67. The molecule has 1 fully saturated rings. The number of anilines is 2. The van der Waals surface area contributed by atoms with Gasteiger partial charge in [0, 0.05) is 32.4 Å². The maximum Gasteiger partial charge on any atom is 0.279 e. The minimum absolute atomic E-state index is 0.289. The van der Waals surface area contributed by atoms with Gasteiger partial charge in [0.25, 0.3) is 17.4 Å². The van der Waals surface area contributed by atoms with Crippen molar-refractivity contribution in [3.8, 4) is 5.75 Å². The molecule has 3 heterocycles. The summed E-state index contributed by atoms with van der Waals surface area (Å²) in [6.45, 7) is 3.16. The number of hydrogen-bond acceptors (Lipinski definition) is 5. The molecule has 1 atom stereocenters. The Kier molecular flexibility index (Phi) is 4.18. The number of carbonyl (C=O) groups excluding carboxylic acids is 2. The van der Waals surface area contributed by atoms with Gasteiger partial charge >= 0.3 is 0 Å². The average molecular weight is 370 g/mol. The Morgan fingerprint density at radius 1 is 1.19 bits per heavy atom. The van der Waals surface area contributed by atoms with Gasteiger partial charge in [-0.15, -0.1) is 0 Å². The van der Waals surface area contributed by atoms with Gasteiger partial charge in [-0.2, -0.15) is 0 Å². The van der Waals surface area contributed by atoms with E-state index in [0.29, 0.717) is 43.4 Å². The number of nitrogens with one attached hydrogen (secondary N) is 1. The smallest absolute Gasteiger partial charge is 0.279 e. The van der Waals surface area contributed by atoms with Crippen LogP contribution in [0, 0.1) is 5.82 Å². The quantitative estimate of drug-likeness (QED) is 0.814. The number of piperazine rings is 1. The maximum atomic E-state index is 14.0. The number of ether oxygens (including phenoxy) is 1. The molecule has 0 radical (unpaired) electrons. The topological polar surface area (TPSA) is 74.8 Å². The molecule has 0 spiro atoms. The summed E-state index contributed by atoms with van der Waals surface area (Å²) in [4.78, 5) is 33.0. The summed E-state index contributed by atoms with van der Waals surface area (Å²) in [5.41, 5.74) is -1.14. The largest absolute Gasteiger partial charge is 0.464 e. The fraction of sp³-hybridized carbons (Fsp3) is 0.316. The van der Waals surface area contributed by atoms with E-state index in [4.69, 9.17) is 4.74 Å². The van der Waals surface area contributed by atoms with Crippen LogP contribution in [0.3, 0.4) is 0 Å². The molecule has 0 aliphatic carbocycles. The number of aromatic nitrogens is 1. The summed E-state index contributed by atoms with van der Waals surface area (Å²) in [5.74, 6) is -0.587. The van der Waals surface area contributed by atoms with Crippen molar-refractivity contribution in [3.63, 3.8) is 0 Å². The molecule has 1 saturated heterocycles. The van der Waals surface area contributed by atoms with Crippen LogP contribution in [-0.2, 0) is 9.59 Å². The molecule has 8 heteroatoms. The van der Waals surface area contributed by atoms with Gasteiger partial charge in [0.05, 0.1) is 5.69 Å². The number of nitrogens with zero attached hydrogens (tertiary/aromatic N) is 3. The highest BCUT2D eigenvalue weighted by molar-refractivity contribution is 6.15. The average Bonchev–Trinajstić information content (AvgIpc) is 2.69. The van der Waals surface area contributed by atoms with Gasteiger partial charge in [-0.05, 0) is 31.2 Å². The molecule has 2 aliphatic heterocycles. The molecule has 2 aromatic rings. The van der Waals surface area contributed by atoms with E-state index < -0.39 is 17.4 Å². The summed E-state index contributed by atoms with van der Waals surface area (Å²) in [5, 5.41) is 2.63. The Bertz CT molecular complexity index is 898. The van der Waals surface area contributed by atoms with E-state index in [1.807, 2.05) is 4.90 Å². The highest BCUT2D eigenvalue weighted by atomic mass is 19.1. The van der Waals surface area contributed by atoms with Crippen molar-refractivity contribution < 1.29 is 18.7 Å². The summed E-state index contributed by atoms with van der Waals surface area (Å²) >= 11 is 0. The van der Waals surface area contributed by atoms with Crippen LogP contribution in [0.4, 0.5) is 15.9 Å². The van der Waals surface area contributed by atoms with E-state index in [9.17, 15) is 14.0 Å². The highest BCUT2D eigenvalue weighted by Gasteiger charge is 2.50. The molecule has 2 aliphatic rings. The SMILES string of the molecule is C[C@]1(C(=O)N2CCN(c3ccccc3F)CC2)Oc2cccnc2NC1=O. The Labute approximate surface area is 155 Å². The van der Waals surface area contributed by atoms with Crippen LogP contribution in [0.5, 0.6) is 5.75 Å². The molecular weight excluding hydrogens is 351 g/mol. The zero-order valence-corrected chi connectivity index (χ0v) is 14.8. The second kappa shape index (κ2) is 6.53. The summed E-state index contributed by atoms with van der Waals surface area (Å²) < 4.78 is 19.7. The van der Waals surface area contributed by atoms with Crippen LogP contribution in [0.25, 0.3) is 0 Å². The standard InChI is InChI=1S/C19H19FN4O3/c1-19(17(25)22-16-15(27-19)7-4-8-21-16)18(26)24-11-9-23(10-12-24)14-6-3-2-5-13(14)20/h2-8H,9-12H2,1H3,(H,21,22,25)/t19-/m0/s1. The van der Waals surface area contributed by atoms with Crippen LogP contribution in [0.2, 0.25) is 0 Å².